The zero-order valence-electron chi connectivity index (χ0n) is 11.2. The molecule has 1 aliphatic rings. The van der Waals surface area contributed by atoms with Crippen molar-refractivity contribution in [3.63, 3.8) is 0 Å². The fourth-order valence-electron chi connectivity index (χ4n) is 2.56. The smallest absolute Gasteiger partial charge is 0.309 e. The highest BCUT2D eigenvalue weighted by molar-refractivity contribution is 7.89. The van der Waals surface area contributed by atoms with Gasteiger partial charge in [-0.1, -0.05) is 0 Å². The number of H-pyrrole nitrogens is 2. The molecule has 3 heterocycles. The van der Waals surface area contributed by atoms with Crippen LogP contribution < -0.4 is 5.69 Å². The Balaban J connectivity index is 1.85. The van der Waals surface area contributed by atoms with Gasteiger partial charge in [0.05, 0.1) is 6.20 Å². The average Bonchev–Trinajstić information content (AvgIpc) is 3.02. The third-order valence-corrected chi connectivity index (χ3v) is 5.46. The standard InChI is InChI=1S/C12H15N5O3S/c18-12-13-4-3-11(16-12)9-2-1-5-17(8-9)21(19,20)10-6-14-15-7-10/h3-4,6-7,9H,1-2,5,8H2,(H,14,15)(H,13,16,18). The molecule has 0 aromatic carbocycles. The van der Waals surface area contributed by atoms with Crippen molar-refractivity contribution in [3.05, 3.63) is 40.8 Å². The van der Waals surface area contributed by atoms with Gasteiger partial charge in [0.25, 0.3) is 0 Å². The van der Waals surface area contributed by atoms with Crippen LogP contribution in [0.2, 0.25) is 0 Å². The number of sulfonamides is 1. The van der Waals surface area contributed by atoms with Crippen molar-refractivity contribution in [1.29, 1.82) is 0 Å². The van der Waals surface area contributed by atoms with Gasteiger partial charge in [0.15, 0.2) is 0 Å². The lowest BCUT2D eigenvalue weighted by Gasteiger charge is -2.31. The van der Waals surface area contributed by atoms with Crippen LogP contribution in [0, 0.1) is 0 Å². The monoisotopic (exact) mass is 309 g/mol. The number of nitrogens with one attached hydrogen (secondary N) is 2. The topological polar surface area (TPSA) is 112 Å². The quantitative estimate of drug-likeness (QED) is 0.832. The third-order valence-electron chi connectivity index (χ3n) is 3.63. The Morgan fingerprint density at radius 1 is 1.38 bits per heavy atom. The van der Waals surface area contributed by atoms with Gasteiger partial charge in [-0.25, -0.2) is 18.2 Å². The molecule has 2 N–H and O–H groups in total. The summed E-state index contributed by atoms with van der Waals surface area (Å²) in [5, 5.41) is 6.20. The molecule has 0 radical (unpaired) electrons. The van der Waals surface area contributed by atoms with Crippen molar-refractivity contribution < 1.29 is 8.42 Å². The summed E-state index contributed by atoms with van der Waals surface area (Å²) in [7, 11) is -3.54. The molecule has 0 bridgehead atoms. The van der Waals surface area contributed by atoms with E-state index in [1.165, 1.54) is 22.9 Å². The van der Waals surface area contributed by atoms with Crippen LogP contribution in [0.5, 0.6) is 0 Å². The highest BCUT2D eigenvalue weighted by atomic mass is 32.2. The molecule has 112 valence electrons. The van der Waals surface area contributed by atoms with Crippen molar-refractivity contribution in [3.8, 4) is 0 Å². The maximum absolute atomic E-state index is 12.5. The Morgan fingerprint density at radius 2 is 2.24 bits per heavy atom. The van der Waals surface area contributed by atoms with Gasteiger partial charge in [0.1, 0.15) is 4.90 Å². The second-order valence-corrected chi connectivity index (χ2v) is 6.90. The van der Waals surface area contributed by atoms with E-state index >= 15 is 0 Å². The van der Waals surface area contributed by atoms with E-state index in [1.54, 1.807) is 6.07 Å². The number of hydrogen-bond acceptors (Lipinski definition) is 5. The van der Waals surface area contributed by atoms with Crippen molar-refractivity contribution in [1.82, 2.24) is 24.5 Å². The number of rotatable bonds is 3. The van der Waals surface area contributed by atoms with Gasteiger partial charge in [0, 0.05) is 37.1 Å². The molecule has 8 nitrogen and oxygen atoms in total. The van der Waals surface area contributed by atoms with Crippen molar-refractivity contribution in [2.24, 2.45) is 0 Å². The highest BCUT2D eigenvalue weighted by Crippen LogP contribution is 2.28. The molecule has 2 aromatic heterocycles. The molecule has 0 saturated carbocycles. The van der Waals surface area contributed by atoms with E-state index in [4.69, 9.17) is 0 Å². The van der Waals surface area contributed by atoms with Crippen LogP contribution in [0.15, 0.2) is 34.3 Å². The number of aromatic nitrogens is 4. The maximum atomic E-state index is 12.5. The molecule has 0 aliphatic carbocycles. The Kier molecular flexibility index (Phi) is 3.60. The molecule has 1 fully saturated rings. The Bertz CT molecular complexity index is 768. The van der Waals surface area contributed by atoms with Gasteiger partial charge in [-0.15, -0.1) is 0 Å². The molecule has 1 saturated heterocycles. The van der Waals surface area contributed by atoms with Gasteiger partial charge in [-0.2, -0.15) is 9.40 Å². The minimum Gasteiger partial charge on any atom is -0.309 e. The van der Waals surface area contributed by atoms with Crippen LogP contribution >= 0.6 is 0 Å². The maximum Gasteiger partial charge on any atom is 0.345 e. The summed E-state index contributed by atoms with van der Waals surface area (Å²) in [4.78, 5) is 17.7. The molecule has 1 unspecified atom stereocenters. The van der Waals surface area contributed by atoms with Crippen LogP contribution in [0.1, 0.15) is 24.5 Å². The fourth-order valence-corrected chi connectivity index (χ4v) is 4.00. The van der Waals surface area contributed by atoms with E-state index < -0.39 is 15.7 Å². The lowest BCUT2D eigenvalue weighted by molar-refractivity contribution is 0.312. The van der Waals surface area contributed by atoms with Crippen molar-refractivity contribution >= 4 is 10.0 Å². The normalized spacial score (nSPS) is 20.5. The Hall–Kier alpha value is -2.00. The first-order valence-corrected chi connectivity index (χ1v) is 8.05. The fraction of sp³-hybridized carbons (Fsp3) is 0.417. The first-order valence-electron chi connectivity index (χ1n) is 6.61. The molecule has 0 spiro atoms. The molecule has 1 atom stereocenters. The van der Waals surface area contributed by atoms with E-state index in [9.17, 15) is 13.2 Å². The summed E-state index contributed by atoms with van der Waals surface area (Å²) in [6.07, 6.45) is 5.68. The summed E-state index contributed by atoms with van der Waals surface area (Å²) in [5.74, 6) is -0.0314. The van der Waals surface area contributed by atoms with Gasteiger partial charge in [-0.05, 0) is 18.9 Å². The van der Waals surface area contributed by atoms with Gasteiger partial charge >= 0.3 is 5.69 Å². The highest BCUT2D eigenvalue weighted by Gasteiger charge is 2.31. The molecular weight excluding hydrogens is 294 g/mol. The minimum atomic E-state index is -3.54. The number of piperidine rings is 1. The SMILES string of the molecule is O=c1nccc(C2CCCN(S(=O)(=O)c3cn[nH]c3)C2)[nH]1. The largest absolute Gasteiger partial charge is 0.345 e. The molecular formula is C12H15N5O3S. The zero-order chi connectivity index (χ0) is 14.9. The van der Waals surface area contributed by atoms with E-state index in [1.807, 2.05) is 0 Å². The summed E-state index contributed by atoms with van der Waals surface area (Å²) < 4.78 is 26.4. The third kappa shape index (κ3) is 2.74. The van der Waals surface area contributed by atoms with Crippen LogP contribution in [-0.4, -0.2) is 46.0 Å². The summed E-state index contributed by atoms with van der Waals surface area (Å²) in [5.41, 5.74) is 0.310. The van der Waals surface area contributed by atoms with Crippen molar-refractivity contribution in [2.45, 2.75) is 23.7 Å². The first-order chi connectivity index (χ1) is 10.1. The van der Waals surface area contributed by atoms with E-state index in [0.717, 1.165) is 18.5 Å². The Labute approximate surface area is 121 Å². The van der Waals surface area contributed by atoms with Crippen LogP contribution in [0.25, 0.3) is 0 Å². The second kappa shape index (κ2) is 5.41. The Morgan fingerprint density at radius 3 is 2.95 bits per heavy atom. The summed E-state index contributed by atoms with van der Waals surface area (Å²) in [6, 6.07) is 1.72. The van der Waals surface area contributed by atoms with Gasteiger partial charge in [-0.3, -0.25) is 5.10 Å². The molecule has 2 aromatic rings. The lowest BCUT2D eigenvalue weighted by Crippen LogP contribution is -2.39. The number of aromatic amines is 2. The lowest BCUT2D eigenvalue weighted by atomic mass is 9.96. The average molecular weight is 309 g/mol. The van der Waals surface area contributed by atoms with Gasteiger partial charge in [0.2, 0.25) is 10.0 Å². The predicted octanol–water partition coefficient (Wildman–Crippen LogP) is 0.0613. The minimum absolute atomic E-state index is 0.0314. The predicted molar refractivity (Wildman–Crippen MR) is 74.2 cm³/mol. The van der Waals surface area contributed by atoms with Gasteiger partial charge < -0.3 is 4.98 Å². The zero-order valence-corrected chi connectivity index (χ0v) is 12.0. The van der Waals surface area contributed by atoms with Crippen LogP contribution in [0.3, 0.4) is 0 Å². The molecule has 21 heavy (non-hydrogen) atoms. The molecule has 3 rings (SSSR count). The molecule has 9 heteroatoms. The van der Waals surface area contributed by atoms with E-state index in [-0.39, 0.29) is 10.8 Å². The first kappa shape index (κ1) is 14.0. The van der Waals surface area contributed by atoms with Crippen molar-refractivity contribution in [2.75, 3.05) is 13.1 Å². The molecule has 0 amide bonds. The number of nitrogens with zero attached hydrogens (tertiary/aromatic N) is 3. The van der Waals surface area contributed by atoms with E-state index in [0.29, 0.717) is 13.1 Å². The van der Waals surface area contributed by atoms with Crippen LogP contribution in [-0.2, 0) is 10.0 Å². The summed E-state index contributed by atoms with van der Waals surface area (Å²) >= 11 is 0. The molecule has 1 aliphatic heterocycles. The number of hydrogen-bond donors (Lipinski definition) is 2. The summed E-state index contributed by atoms with van der Waals surface area (Å²) in [6.45, 7) is 0.812. The van der Waals surface area contributed by atoms with Crippen LogP contribution in [0.4, 0.5) is 0 Å². The second-order valence-electron chi connectivity index (χ2n) is 4.97. The van der Waals surface area contributed by atoms with E-state index in [2.05, 4.69) is 20.2 Å².